The second-order valence-electron chi connectivity index (χ2n) is 3.03. The smallest absolute Gasteiger partial charge is 0.335 e. The van der Waals surface area contributed by atoms with E-state index in [4.69, 9.17) is 15.9 Å². The molecule has 7 heteroatoms. The normalized spacial score (nSPS) is 11.8. The van der Waals surface area contributed by atoms with E-state index < -0.39 is 18.0 Å². The van der Waals surface area contributed by atoms with Gasteiger partial charge in [0.05, 0.1) is 12.1 Å². The number of carbonyl (C=O) groups is 2. The number of aliphatic hydroxyl groups is 1. The lowest BCUT2D eigenvalue weighted by Gasteiger charge is -2.08. The van der Waals surface area contributed by atoms with Gasteiger partial charge in [-0.2, -0.15) is 0 Å². The molecule has 0 aliphatic rings. The summed E-state index contributed by atoms with van der Waals surface area (Å²) in [4.78, 5) is 24.9. The maximum absolute atomic E-state index is 10.6. The molecule has 1 amide bonds. The van der Waals surface area contributed by atoms with Crippen molar-refractivity contribution >= 4 is 17.7 Å². The molecule has 1 heterocycles. The number of hydrogen-bond acceptors (Lipinski definition) is 5. The monoisotopic (exact) mass is 225 g/mol. The van der Waals surface area contributed by atoms with Crippen LogP contribution in [0.15, 0.2) is 18.3 Å². The molecule has 0 bridgehead atoms. The highest BCUT2D eigenvalue weighted by Gasteiger charge is 2.11. The molecule has 1 rings (SSSR count). The van der Waals surface area contributed by atoms with Crippen molar-refractivity contribution in [2.75, 3.05) is 11.9 Å². The number of pyridine rings is 1. The van der Waals surface area contributed by atoms with Crippen molar-refractivity contribution < 1.29 is 19.8 Å². The Balaban J connectivity index is 2.64. The van der Waals surface area contributed by atoms with E-state index in [1.807, 2.05) is 0 Å². The first kappa shape index (κ1) is 11.9. The van der Waals surface area contributed by atoms with Crippen molar-refractivity contribution in [1.29, 1.82) is 0 Å². The lowest BCUT2D eigenvalue weighted by Crippen LogP contribution is -2.34. The van der Waals surface area contributed by atoms with Crippen molar-refractivity contribution in [3.8, 4) is 0 Å². The number of hydrogen-bond donors (Lipinski definition) is 4. The van der Waals surface area contributed by atoms with Crippen molar-refractivity contribution in [2.45, 2.75) is 6.10 Å². The van der Waals surface area contributed by atoms with Gasteiger partial charge in [0.2, 0.25) is 5.91 Å². The number of carboxylic acids is 1. The van der Waals surface area contributed by atoms with Crippen LogP contribution < -0.4 is 11.1 Å². The number of carboxylic acid groups (broad SMARTS) is 1. The van der Waals surface area contributed by atoms with Gasteiger partial charge in [-0.05, 0) is 12.1 Å². The molecular formula is C9H11N3O4. The highest BCUT2D eigenvalue weighted by atomic mass is 16.4. The quantitative estimate of drug-likeness (QED) is 0.511. The lowest BCUT2D eigenvalue weighted by molar-refractivity contribution is -0.125. The molecule has 5 N–H and O–H groups in total. The van der Waals surface area contributed by atoms with E-state index in [-0.39, 0.29) is 17.9 Å². The van der Waals surface area contributed by atoms with E-state index in [2.05, 4.69) is 10.3 Å². The molecule has 0 fully saturated rings. The highest BCUT2D eigenvalue weighted by molar-refractivity contribution is 5.88. The van der Waals surface area contributed by atoms with Gasteiger partial charge in [0.15, 0.2) is 0 Å². The van der Waals surface area contributed by atoms with Crippen molar-refractivity contribution in [2.24, 2.45) is 5.73 Å². The van der Waals surface area contributed by atoms with Crippen LogP contribution in [0.2, 0.25) is 0 Å². The number of primary amides is 1. The average Bonchev–Trinajstić information content (AvgIpc) is 2.26. The van der Waals surface area contributed by atoms with E-state index in [9.17, 15) is 9.59 Å². The van der Waals surface area contributed by atoms with Crippen LogP contribution in [0.4, 0.5) is 5.82 Å². The molecular weight excluding hydrogens is 214 g/mol. The maximum Gasteiger partial charge on any atom is 0.335 e. The average molecular weight is 225 g/mol. The fourth-order valence-electron chi connectivity index (χ4n) is 0.962. The fraction of sp³-hybridized carbons (Fsp3) is 0.222. The van der Waals surface area contributed by atoms with Crippen molar-refractivity contribution in [3.63, 3.8) is 0 Å². The number of nitrogens with one attached hydrogen (secondary N) is 1. The molecule has 1 aromatic heterocycles. The Labute approximate surface area is 90.9 Å². The van der Waals surface area contributed by atoms with Gasteiger partial charge in [-0.1, -0.05) is 0 Å². The van der Waals surface area contributed by atoms with Crippen LogP contribution in [-0.2, 0) is 4.79 Å². The predicted molar refractivity (Wildman–Crippen MR) is 54.9 cm³/mol. The number of aliphatic hydroxyl groups excluding tert-OH is 1. The Morgan fingerprint density at radius 2 is 2.25 bits per heavy atom. The van der Waals surface area contributed by atoms with Gasteiger partial charge in [0.1, 0.15) is 11.9 Å². The van der Waals surface area contributed by atoms with Crippen LogP contribution in [0.3, 0.4) is 0 Å². The van der Waals surface area contributed by atoms with Crippen molar-refractivity contribution in [1.82, 2.24) is 4.98 Å². The minimum Gasteiger partial charge on any atom is -0.478 e. The zero-order valence-corrected chi connectivity index (χ0v) is 8.25. The zero-order valence-electron chi connectivity index (χ0n) is 8.25. The molecule has 1 atom stereocenters. The molecule has 16 heavy (non-hydrogen) atoms. The van der Waals surface area contributed by atoms with Gasteiger partial charge < -0.3 is 21.3 Å². The first-order chi connectivity index (χ1) is 7.50. The van der Waals surface area contributed by atoms with Crippen LogP contribution in [0.5, 0.6) is 0 Å². The zero-order chi connectivity index (χ0) is 12.1. The summed E-state index contributed by atoms with van der Waals surface area (Å²) in [6.45, 7) is -0.120. The summed E-state index contributed by atoms with van der Waals surface area (Å²) in [5.74, 6) is -1.69. The third kappa shape index (κ3) is 3.21. The molecule has 0 saturated heterocycles. The van der Waals surface area contributed by atoms with E-state index in [0.29, 0.717) is 0 Å². The number of carbonyl (C=O) groups excluding carboxylic acids is 1. The van der Waals surface area contributed by atoms with Gasteiger partial charge in [-0.25, -0.2) is 9.78 Å². The van der Waals surface area contributed by atoms with E-state index in [0.717, 1.165) is 0 Å². The molecule has 1 unspecified atom stereocenters. The Morgan fingerprint density at radius 1 is 1.56 bits per heavy atom. The number of amides is 1. The largest absolute Gasteiger partial charge is 0.478 e. The molecule has 86 valence electrons. The van der Waals surface area contributed by atoms with Gasteiger partial charge in [-0.3, -0.25) is 4.79 Å². The molecule has 0 aliphatic heterocycles. The number of rotatable bonds is 5. The van der Waals surface area contributed by atoms with Crippen LogP contribution in [0.1, 0.15) is 10.4 Å². The number of nitrogens with two attached hydrogens (primary N) is 1. The second kappa shape index (κ2) is 5.08. The van der Waals surface area contributed by atoms with Gasteiger partial charge in [0.25, 0.3) is 0 Å². The Hall–Kier alpha value is -2.15. The summed E-state index contributed by atoms with van der Waals surface area (Å²) in [6, 6.07) is 2.62. The summed E-state index contributed by atoms with van der Waals surface area (Å²) in [5.41, 5.74) is 4.90. The molecule has 0 aromatic carbocycles. The number of anilines is 1. The number of aromatic nitrogens is 1. The van der Waals surface area contributed by atoms with Gasteiger partial charge in [0, 0.05) is 6.20 Å². The Bertz CT molecular complexity index is 407. The summed E-state index contributed by atoms with van der Waals surface area (Å²) in [6.07, 6.45) is -0.0297. The van der Waals surface area contributed by atoms with Crippen LogP contribution in [-0.4, -0.2) is 39.7 Å². The van der Waals surface area contributed by atoms with Crippen LogP contribution >= 0.6 is 0 Å². The summed E-state index contributed by atoms with van der Waals surface area (Å²) >= 11 is 0. The van der Waals surface area contributed by atoms with E-state index >= 15 is 0 Å². The predicted octanol–water partition coefficient (Wildman–Crippen LogP) is -0.962. The summed E-state index contributed by atoms with van der Waals surface area (Å²) in [7, 11) is 0. The molecule has 1 aromatic rings. The number of aromatic carboxylic acids is 1. The molecule has 0 saturated carbocycles. The third-order valence-corrected chi connectivity index (χ3v) is 1.81. The minimum atomic E-state index is -1.34. The van der Waals surface area contributed by atoms with Gasteiger partial charge in [-0.15, -0.1) is 0 Å². The minimum absolute atomic E-state index is 0.0612. The Morgan fingerprint density at radius 3 is 2.81 bits per heavy atom. The second-order valence-corrected chi connectivity index (χ2v) is 3.03. The SMILES string of the molecule is NC(=O)C(O)CNc1cc(C(=O)O)ccn1. The van der Waals surface area contributed by atoms with Crippen LogP contribution in [0, 0.1) is 0 Å². The van der Waals surface area contributed by atoms with Crippen LogP contribution in [0.25, 0.3) is 0 Å². The molecule has 0 aliphatic carbocycles. The summed E-state index contributed by atoms with van der Waals surface area (Å²) < 4.78 is 0. The summed E-state index contributed by atoms with van der Waals surface area (Å²) in [5, 5.41) is 20.4. The van der Waals surface area contributed by atoms with Gasteiger partial charge >= 0.3 is 5.97 Å². The number of nitrogens with zero attached hydrogens (tertiary/aromatic N) is 1. The first-order valence-electron chi connectivity index (χ1n) is 4.41. The van der Waals surface area contributed by atoms with E-state index in [1.54, 1.807) is 0 Å². The Kier molecular flexibility index (Phi) is 3.78. The molecule has 0 radical (unpaired) electrons. The maximum atomic E-state index is 10.6. The third-order valence-electron chi connectivity index (χ3n) is 1.81. The van der Waals surface area contributed by atoms with Crippen molar-refractivity contribution in [3.05, 3.63) is 23.9 Å². The molecule has 7 nitrogen and oxygen atoms in total. The topological polar surface area (TPSA) is 126 Å². The highest BCUT2D eigenvalue weighted by Crippen LogP contribution is 2.06. The standard InChI is InChI=1S/C9H11N3O4/c10-8(14)6(13)4-12-7-3-5(9(15)16)1-2-11-7/h1-3,6,13H,4H2,(H2,10,14)(H,11,12)(H,15,16). The molecule has 0 spiro atoms. The first-order valence-corrected chi connectivity index (χ1v) is 4.41. The van der Waals surface area contributed by atoms with E-state index in [1.165, 1.54) is 18.3 Å². The fourth-order valence-corrected chi connectivity index (χ4v) is 0.962. The lowest BCUT2D eigenvalue weighted by atomic mass is 10.2.